The molecule has 1 unspecified atom stereocenters. The number of ether oxygens (including phenoxy) is 2. The van der Waals surface area contributed by atoms with Crippen LogP contribution in [0.4, 0.5) is 4.79 Å². The van der Waals surface area contributed by atoms with Gasteiger partial charge in [0.05, 0.1) is 30.0 Å². The number of aromatic amines is 1. The molecule has 4 rings (SSSR count). The number of rotatable bonds is 3. The third kappa shape index (κ3) is 3.83. The van der Waals surface area contributed by atoms with Crippen LogP contribution in [0.1, 0.15) is 50.1 Å². The quantitative estimate of drug-likeness (QED) is 0.443. The molecule has 0 saturated carbocycles. The van der Waals surface area contributed by atoms with Crippen LogP contribution in [0.3, 0.4) is 0 Å². The highest BCUT2D eigenvalue weighted by Gasteiger charge is 2.35. The van der Waals surface area contributed by atoms with Crippen molar-refractivity contribution >= 4 is 27.9 Å². The van der Waals surface area contributed by atoms with E-state index in [-0.39, 0.29) is 0 Å². The van der Waals surface area contributed by atoms with Gasteiger partial charge < -0.3 is 19.6 Å². The highest BCUT2D eigenvalue weighted by Crippen LogP contribution is 2.42. The zero-order valence-electron chi connectivity index (χ0n) is 19.6. The third-order valence-electron chi connectivity index (χ3n) is 5.69. The van der Waals surface area contributed by atoms with Gasteiger partial charge in [-0.15, -0.1) is 0 Å². The van der Waals surface area contributed by atoms with E-state index in [9.17, 15) is 15.2 Å². The second kappa shape index (κ2) is 7.68. The number of nitriles is 1. The lowest BCUT2D eigenvalue weighted by Crippen LogP contribution is -2.27. The first-order valence-electron chi connectivity index (χ1n) is 10.6. The van der Waals surface area contributed by atoms with Gasteiger partial charge in [-0.3, -0.25) is 4.57 Å². The van der Waals surface area contributed by atoms with E-state index in [4.69, 9.17) is 9.47 Å². The van der Waals surface area contributed by atoms with Gasteiger partial charge in [-0.05, 0) is 76.6 Å². The van der Waals surface area contributed by atoms with Gasteiger partial charge in [-0.2, -0.15) is 5.26 Å². The van der Waals surface area contributed by atoms with E-state index in [2.05, 4.69) is 11.1 Å². The molecule has 0 aliphatic carbocycles. The van der Waals surface area contributed by atoms with Crippen molar-refractivity contribution in [1.82, 2.24) is 9.55 Å². The molecule has 2 N–H and O–H groups in total. The molecule has 0 radical (unpaired) electrons. The van der Waals surface area contributed by atoms with Gasteiger partial charge >= 0.3 is 6.09 Å². The fourth-order valence-corrected chi connectivity index (χ4v) is 4.23. The highest BCUT2D eigenvalue weighted by atomic mass is 16.6. The Hall–Kier alpha value is -3.76. The predicted octanol–water partition coefficient (Wildman–Crippen LogP) is 5.35. The molecule has 0 aliphatic heterocycles. The maximum Gasteiger partial charge on any atom is 0.419 e. The molecular weight excluding hydrogens is 418 g/mol. The molecule has 1 atom stereocenters. The van der Waals surface area contributed by atoms with Gasteiger partial charge in [0.25, 0.3) is 0 Å². The molecule has 0 bridgehead atoms. The highest BCUT2D eigenvalue weighted by molar-refractivity contribution is 5.96. The number of benzene rings is 2. The smallest absolute Gasteiger partial charge is 0.419 e. The number of aryl methyl sites for hydroxylation is 1. The fourth-order valence-electron chi connectivity index (χ4n) is 4.23. The Morgan fingerprint density at radius 1 is 1.15 bits per heavy atom. The van der Waals surface area contributed by atoms with Crippen LogP contribution in [0.2, 0.25) is 0 Å². The molecule has 0 saturated heterocycles. The summed E-state index contributed by atoms with van der Waals surface area (Å²) in [7, 11) is 1.55. The fraction of sp³-hybridized carbons (Fsp3) is 0.308. The number of H-pyrrole nitrogens is 1. The van der Waals surface area contributed by atoms with Gasteiger partial charge in [0.2, 0.25) is 0 Å². The van der Waals surface area contributed by atoms with Crippen LogP contribution in [-0.2, 0) is 10.3 Å². The number of fused-ring (bicyclic) bond motifs is 2. The van der Waals surface area contributed by atoms with Gasteiger partial charge in [-0.25, -0.2) is 4.79 Å². The monoisotopic (exact) mass is 445 g/mol. The SMILES string of the molecule is COc1cc(C)c2c(ccn2C(=O)OC(C)(C)C)c1C(C)(O)c1cc2cc(C#N)ccc2[nH]1. The molecule has 2 aromatic heterocycles. The summed E-state index contributed by atoms with van der Waals surface area (Å²) in [4.78, 5) is 16.1. The van der Waals surface area contributed by atoms with E-state index in [1.807, 2.05) is 45.9 Å². The average molecular weight is 446 g/mol. The molecule has 7 heteroatoms. The molecule has 0 fully saturated rings. The number of aromatic nitrogens is 2. The lowest BCUT2D eigenvalue weighted by atomic mass is 9.88. The van der Waals surface area contributed by atoms with Gasteiger partial charge in [0.15, 0.2) is 0 Å². The minimum atomic E-state index is -1.48. The van der Waals surface area contributed by atoms with E-state index in [1.54, 1.807) is 38.4 Å². The standard InChI is InChI=1S/C26H27N3O4/c1-15-11-20(32-6)22(18-9-10-29(23(15)18)24(30)33-25(2,3)4)26(5,31)21-13-17-12-16(14-27)7-8-19(17)28-21/h7-13,28,31H,1-6H3. The molecular formula is C26H27N3O4. The Labute approximate surface area is 192 Å². The number of carbonyl (C=O) groups excluding carboxylic acids is 1. The van der Waals surface area contributed by atoms with E-state index < -0.39 is 17.3 Å². The van der Waals surface area contributed by atoms with Crippen molar-refractivity contribution in [2.45, 2.75) is 45.8 Å². The van der Waals surface area contributed by atoms with Crippen LogP contribution in [0.25, 0.3) is 21.8 Å². The van der Waals surface area contributed by atoms with Crippen molar-refractivity contribution in [2.24, 2.45) is 0 Å². The molecule has 4 aromatic rings. The second-order valence-corrected chi connectivity index (χ2v) is 9.37. The summed E-state index contributed by atoms with van der Waals surface area (Å²) in [5, 5.41) is 22.5. The lowest BCUT2D eigenvalue weighted by Gasteiger charge is -2.27. The number of methoxy groups -OCH3 is 1. The molecule has 2 aromatic carbocycles. The van der Waals surface area contributed by atoms with Crippen molar-refractivity contribution < 1.29 is 19.4 Å². The second-order valence-electron chi connectivity index (χ2n) is 9.37. The summed E-state index contributed by atoms with van der Waals surface area (Å²) in [5.41, 5.74) is 1.74. The molecule has 170 valence electrons. The molecule has 0 aliphatic rings. The Bertz CT molecular complexity index is 1430. The number of carbonyl (C=O) groups is 1. The van der Waals surface area contributed by atoms with Crippen LogP contribution in [0.5, 0.6) is 5.75 Å². The average Bonchev–Trinajstić information content (AvgIpc) is 3.36. The number of aliphatic hydroxyl groups is 1. The first-order chi connectivity index (χ1) is 15.5. The first kappa shape index (κ1) is 22.4. The van der Waals surface area contributed by atoms with Crippen molar-refractivity contribution in [2.75, 3.05) is 7.11 Å². The van der Waals surface area contributed by atoms with Crippen LogP contribution in [-0.4, -0.2) is 33.5 Å². The summed E-state index contributed by atoms with van der Waals surface area (Å²) >= 11 is 0. The van der Waals surface area contributed by atoms with E-state index in [1.165, 1.54) is 4.57 Å². The van der Waals surface area contributed by atoms with E-state index in [0.717, 1.165) is 16.5 Å². The van der Waals surface area contributed by atoms with Gasteiger partial charge in [0, 0.05) is 28.0 Å². The minimum absolute atomic E-state index is 0.494. The lowest BCUT2D eigenvalue weighted by molar-refractivity contribution is 0.0544. The molecule has 2 heterocycles. The normalized spacial score (nSPS) is 13.6. The third-order valence-corrected chi connectivity index (χ3v) is 5.69. The summed E-state index contributed by atoms with van der Waals surface area (Å²) < 4.78 is 12.7. The van der Waals surface area contributed by atoms with Crippen LogP contribution in [0, 0.1) is 18.3 Å². The van der Waals surface area contributed by atoms with Crippen molar-refractivity contribution in [3.05, 3.63) is 65.0 Å². The first-order valence-corrected chi connectivity index (χ1v) is 10.6. The zero-order valence-corrected chi connectivity index (χ0v) is 19.6. The number of nitrogens with zero attached hydrogens (tertiary/aromatic N) is 2. The predicted molar refractivity (Wildman–Crippen MR) is 127 cm³/mol. The molecule has 33 heavy (non-hydrogen) atoms. The molecule has 0 spiro atoms. The van der Waals surface area contributed by atoms with Crippen LogP contribution >= 0.6 is 0 Å². The summed E-state index contributed by atoms with van der Waals surface area (Å²) in [6.07, 6.45) is 1.15. The number of nitrogens with one attached hydrogen (secondary N) is 1. The summed E-state index contributed by atoms with van der Waals surface area (Å²) in [6, 6.07) is 12.9. The van der Waals surface area contributed by atoms with E-state index in [0.29, 0.717) is 33.5 Å². The van der Waals surface area contributed by atoms with Gasteiger partial charge in [-0.1, -0.05) is 0 Å². The topological polar surface area (TPSA) is 100 Å². The van der Waals surface area contributed by atoms with Crippen molar-refractivity contribution in [1.29, 1.82) is 5.26 Å². The summed E-state index contributed by atoms with van der Waals surface area (Å²) in [5.74, 6) is 0.503. The Kier molecular flexibility index (Phi) is 5.22. The van der Waals surface area contributed by atoms with Crippen molar-refractivity contribution in [3.63, 3.8) is 0 Å². The van der Waals surface area contributed by atoms with Crippen molar-refractivity contribution in [3.8, 4) is 11.8 Å². The number of hydrogen-bond donors (Lipinski definition) is 2. The molecule has 0 amide bonds. The summed E-state index contributed by atoms with van der Waals surface area (Å²) in [6.45, 7) is 9.01. The Morgan fingerprint density at radius 2 is 1.88 bits per heavy atom. The number of hydrogen-bond acceptors (Lipinski definition) is 5. The maximum atomic E-state index is 12.9. The minimum Gasteiger partial charge on any atom is -0.496 e. The Morgan fingerprint density at radius 3 is 2.52 bits per heavy atom. The largest absolute Gasteiger partial charge is 0.496 e. The van der Waals surface area contributed by atoms with Crippen LogP contribution < -0.4 is 4.74 Å². The van der Waals surface area contributed by atoms with Crippen LogP contribution in [0.15, 0.2) is 42.6 Å². The van der Waals surface area contributed by atoms with E-state index >= 15 is 0 Å². The molecule has 7 nitrogen and oxygen atoms in total. The maximum absolute atomic E-state index is 12.9. The zero-order chi connectivity index (χ0) is 24.1. The Balaban J connectivity index is 1.93. The van der Waals surface area contributed by atoms with Gasteiger partial charge in [0.1, 0.15) is 17.0 Å².